The van der Waals surface area contributed by atoms with Gasteiger partial charge in [0.1, 0.15) is 12.1 Å². The first-order valence-corrected chi connectivity index (χ1v) is 9.18. The topological polar surface area (TPSA) is 71.8 Å². The van der Waals surface area contributed by atoms with Crippen molar-refractivity contribution in [3.05, 3.63) is 78.6 Å². The van der Waals surface area contributed by atoms with Crippen molar-refractivity contribution in [2.24, 2.45) is 0 Å². The van der Waals surface area contributed by atoms with Gasteiger partial charge in [-0.15, -0.1) is 0 Å². The van der Waals surface area contributed by atoms with Crippen molar-refractivity contribution in [1.29, 1.82) is 0 Å². The number of hydrogen-bond donors (Lipinski definition) is 1. The molecule has 4 aromatic rings. The van der Waals surface area contributed by atoms with Gasteiger partial charge in [0.15, 0.2) is 0 Å². The Morgan fingerprint density at radius 3 is 2.75 bits per heavy atom. The molecule has 0 radical (unpaired) electrons. The highest BCUT2D eigenvalue weighted by atomic mass is 35.5. The molecular formula is C20H18ClN7. The van der Waals surface area contributed by atoms with Crippen LogP contribution in [0, 0.1) is 0 Å². The van der Waals surface area contributed by atoms with Gasteiger partial charge < -0.3 is 5.32 Å². The van der Waals surface area contributed by atoms with Crippen LogP contribution < -0.4 is 10.3 Å². The Labute approximate surface area is 167 Å². The van der Waals surface area contributed by atoms with E-state index < -0.39 is 0 Å². The molecule has 0 amide bonds. The van der Waals surface area contributed by atoms with Crippen molar-refractivity contribution in [2.75, 3.05) is 16.9 Å². The molecule has 8 heteroatoms. The van der Waals surface area contributed by atoms with Crippen LogP contribution in [0.3, 0.4) is 0 Å². The van der Waals surface area contributed by atoms with Gasteiger partial charge in [-0.1, -0.05) is 17.7 Å². The maximum Gasteiger partial charge on any atom is 0.227 e. The molecular weight excluding hydrogens is 374 g/mol. The molecule has 0 saturated carbocycles. The second-order valence-electron chi connectivity index (χ2n) is 5.96. The molecule has 0 aliphatic heterocycles. The number of nitrogens with zero attached hydrogens (tertiary/aromatic N) is 6. The van der Waals surface area contributed by atoms with Gasteiger partial charge in [0.05, 0.1) is 5.69 Å². The van der Waals surface area contributed by atoms with Crippen molar-refractivity contribution >= 4 is 29.1 Å². The number of nitrogens with one attached hydrogen (secondary N) is 1. The summed E-state index contributed by atoms with van der Waals surface area (Å²) in [4.78, 5) is 17.5. The summed E-state index contributed by atoms with van der Waals surface area (Å²) in [5.74, 6) is 1.31. The van der Waals surface area contributed by atoms with Gasteiger partial charge in [-0.2, -0.15) is 0 Å². The van der Waals surface area contributed by atoms with Crippen LogP contribution in [0.5, 0.6) is 0 Å². The quantitative estimate of drug-likeness (QED) is 0.524. The lowest BCUT2D eigenvalue weighted by Gasteiger charge is -2.22. The molecule has 0 saturated heterocycles. The van der Waals surface area contributed by atoms with Crippen molar-refractivity contribution in [2.45, 2.75) is 6.92 Å². The molecule has 3 heterocycles. The van der Waals surface area contributed by atoms with E-state index in [1.54, 1.807) is 24.9 Å². The first-order valence-electron chi connectivity index (χ1n) is 8.81. The summed E-state index contributed by atoms with van der Waals surface area (Å²) in [6, 6.07) is 13.2. The smallest absolute Gasteiger partial charge is 0.227 e. The third kappa shape index (κ3) is 3.94. The number of anilines is 3. The van der Waals surface area contributed by atoms with Crippen LogP contribution in [0.15, 0.2) is 73.6 Å². The number of aromatic nitrogens is 5. The summed E-state index contributed by atoms with van der Waals surface area (Å²) in [5.41, 5.74) is 2.57. The molecule has 0 unspecified atom stereocenters. The summed E-state index contributed by atoms with van der Waals surface area (Å²) in [6.45, 7) is 2.81. The molecule has 140 valence electrons. The zero-order chi connectivity index (χ0) is 19.3. The summed E-state index contributed by atoms with van der Waals surface area (Å²) < 4.78 is 1.90. The van der Waals surface area contributed by atoms with Gasteiger partial charge in [-0.05, 0) is 43.3 Å². The first kappa shape index (κ1) is 17.9. The minimum atomic E-state index is 0.500. The predicted octanol–water partition coefficient (Wildman–Crippen LogP) is 4.42. The molecule has 1 N–H and O–H groups in total. The molecule has 0 aliphatic carbocycles. The molecule has 0 atom stereocenters. The van der Waals surface area contributed by atoms with Gasteiger partial charge in [0.25, 0.3) is 0 Å². The van der Waals surface area contributed by atoms with E-state index in [-0.39, 0.29) is 0 Å². The second kappa shape index (κ2) is 8.06. The van der Waals surface area contributed by atoms with E-state index >= 15 is 0 Å². The first-order chi connectivity index (χ1) is 13.7. The van der Waals surface area contributed by atoms with Crippen molar-refractivity contribution in [1.82, 2.24) is 24.6 Å². The largest absolute Gasteiger partial charge is 0.324 e. The lowest BCUT2D eigenvalue weighted by Crippen LogP contribution is -2.28. The van der Waals surface area contributed by atoms with E-state index in [1.165, 1.54) is 0 Å². The molecule has 0 aliphatic rings. The van der Waals surface area contributed by atoms with E-state index in [1.807, 2.05) is 58.3 Å². The summed E-state index contributed by atoms with van der Waals surface area (Å²) in [6.07, 6.45) is 8.87. The average molecular weight is 392 g/mol. The minimum absolute atomic E-state index is 0.500. The monoisotopic (exact) mass is 391 g/mol. The zero-order valence-corrected chi connectivity index (χ0v) is 16.0. The fraction of sp³-hybridized carbons (Fsp3) is 0.100. The molecule has 3 aromatic heterocycles. The highest BCUT2D eigenvalue weighted by Crippen LogP contribution is 2.24. The highest BCUT2D eigenvalue weighted by Gasteiger charge is 2.10. The van der Waals surface area contributed by atoms with E-state index in [2.05, 4.69) is 32.2 Å². The maximum absolute atomic E-state index is 6.04. The van der Waals surface area contributed by atoms with E-state index in [0.717, 1.165) is 29.3 Å². The lowest BCUT2D eigenvalue weighted by atomic mass is 10.2. The number of pyridine rings is 1. The minimum Gasteiger partial charge on any atom is -0.324 e. The fourth-order valence-corrected chi connectivity index (χ4v) is 3.02. The lowest BCUT2D eigenvalue weighted by molar-refractivity contribution is 0.700. The summed E-state index contributed by atoms with van der Waals surface area (Å²) >= 11 is 6.04. The summed E-state index contributed by atoms with van der Waals surface area (Å²) in [5, 5.41) is 5.85. The van der Waals surface area contributed by atoms with Gasteiger partial charge in [0, 0.05) is 47.6 Å². The van der Waals surface area contributed by atoms with Crippen LogP contribution >= 0.6 is 11.6 Å². The van der Waals surface area contributed by atoms with Crippen LogP contribution in [0.25, 0.3) is 11.3 Å². The molecule has 0 bridgehead atoms. The summed E-state index contributed by atoms with van der Waals surface area (Å²) in [7, 11) is 0. The number of benzene rings is 1. The van der Waals surface area contributed by atoms with Crippen LogP contribution in [0.4, 0.5) is 17.5 Å². The molecule has 28 heavy (non-hydrogen) atoms. The van der Waals surface area contributed by atoms with Crippen molar-refractivity contribution < 1.29 is 0 Å². The fourth-order valence-electron chi connectivity index (χ4n) is 2.83. The molecule has 4 rings (SSSR count). The van der Waals surface area contributed by atoms with Crippen molar-refractivity contribution in [3.8, 4) is 11.3 Å². The Kier molecular flexibility index (Phi) is 5.16. The van der Waals surface area contributed by atoms with Crippen LogP contribution in [-0.4, -0.2) is 31.2 Å². The number of imidazole rings is 1. The van der Waals surface area contributed by atoms with E-state index in [9.17, 15) is 0 Å². The third-order valence-corrected chi connectivity index (χ3v) is 4.35. The van der Waals surface area contributed by atoms with Crippen LogP contribution in [0.1, 0.15) is 6.92 Å². The Morgan fingerprint density at radius 2 is 1.96 bits per heavy atom. The van der Waals surface area contributed by atoms with Crippen LogP contribution in [-0.2, 0) is 0 Å². The van der Waals surface area contributed by atoms with Gasteiger partial charge in [-0.25, -0.2) is 24.6 Å². The molecule has 7 nitrogen and oxygen atoms in total. The Balaban J connectivity index is 1.63. The highest BCUT2D eigenvalue weighted by molar-refractivity contribution is 6.30. The van der Waals surface area contributed by atoms with Crippen LogP contribution in [0.2, 0.25) is 5.02 Å². The predicted molar refractivity (Wildman–Crippen MR) is 111 cm³/mol. The average Bonchev–Trinajstić information content (AvgIpc) is 3.24. The van der Waals surface area contributed by atoms with Gasteiger partial charge in [-0.3, -0.25) is 5.01 Å². The molecule has 1 aromatic carbocycles. The van der Waals surface area contributed by atoms with Gasteiger partial charge >= 0.3 is 0 Å². The Morgan fingerprint density at radius 1 is 1.07 bits per heavy atom. The van der Waals surface area contributed by atoms with Crippen molar-refractivity contribution in [3.63, 3.8) is 0 Å². The zero-order valence-electron chi connectivity index (χ0n) is 15.2. The van der Waals surface area contributed by atoms with Gasteiger partial charge in [0.2, 0.25) is 5.95 Å². The number of rotatable bonds is 6. The van der Waals surface area contributed by atoms with E-state index in [0.29, 0.717) is 11.0 Å². The van der Waals surface area contributed by atoms with E-state index in [4.69, 9.17) is 11.6 Å². The normalized spacial score (nSPS) is 10.6. The number of halogens is 1. The third-order valence-electron chi connectivity index (χ3n) is 4.11. The second-order valence-corrected chi connectivity index (χ2v) is 6.40. The SMILES string of the molecule is CCN(c1cc(-c2ccnc(Nc3cccc(Cl)c3)n2)ccn1)n1ccnc1. The Hall–Kier alpha value is -3.45. The standard InChI is InChI=1S/C20H18ClN7/c1-2-28(27-11-10-22-14-27)19-12-15(6-8-23-19)18-7-9-24-20(26-18)25-17-5-3-4-16(21)13-17/h3-14H,2H2,1H3,(H,24,25,26). The maximum atomic E-state index is 6.04. The molecule has 0 fully saturated rings. The Bertz CT molecular complexity index is 1070. The molecule has 0 spiro atoms. The number of hydrogen-bond acceptors (Lipinski definition) is 6.